The molecule has 0 spiro atoms. The molecule has 0 aliphatic rings. The molecule has 0 aliphatic heterocycles. The molecule has 1 unspecified atom stereocenters. The summed E-state index contributed by atoms with van der Waals surface area (Å²) >= 11 is 1.79. The van der Waals surface area contributed by atoms with E-state index in [-0.39, 0.29) is 0 Å². The highest BCUT2D eigenvalue weighted by Crippen LogP contribution is 2.15. The monoisotopic (exact) mass is 287 g/mol. The third kappa shape index (κ3) is 4.77. The third-order valence-corrected chi connectivity index (χ3v) is 4.24. The van der Waals surface area contributed by atoms with Crippen molar-refractivity contribution in [1.29, 1.82) is 0 Å². The summed E-state index contributed by atoms with van der Waals surface area (Å²) in [6.45, 7) is 7.69. The van der Waals surface area contributed by atoms with Crippen LogP contribution in [-0.4, -0.2) is 12.6 Å². The van der Waals surface area contributed by atoms with E-state index >= 15 is 0 Å². The second-order valence-electron chi connectivity index (χ2n) is 5.69. The van der Waals surface area contributed by atoms with Crippen molar-refractivity contribution >= 4 is 11.3 Å². The van der Waals surface area contributed by atoms with E-state index in [0.717, 1.165) is 19.4 Å². The maximum atomic E-state index is 3.70. The van der Waals surface area contributed by atoms with E-state index in [1.165, 1.54) is 28.7 Å². The van der Waals surface area contributed by atoms with Gasteiger partial charge in [-0.1, -0.05) is 36.2 Å². The first-order valence-electron chi connectivity index (χ1n) is 7.49. The van der Waals surface area contributed by atoms with Gasteiger partial charge in [0.05, 0.1) is 0 Å². The highest BCUT2D eigenvalue weighted by molar-refractivity contribution is 7.07. The van der Waals surface area contributed by atoms with E-state index < -0.39 is 0 Å². The van der Waals surface area contributed by atoms with Crippen molar-refractivity contribution in [2.75, 3.05) is 6.54 Å². The van der Waals surface area contributed by atoms with Gasteiger partial charge < -0.3 is 5.32 Å². The number of benzene rings is 1. The Kier molecular flexibility index (Phi) is 5.81. The van der Waals surface area contributed by atoms with Crippen LogP contribution in [-0.2, 0) is 12.8 Å². The molecule has 0 bridgehead atoms. The highest BCUT2D eigenvalue weighted by atomic mass is 32.1. The lowest BCUT2D eigenvalue weighted by Gasteiger charge is -2.19. The Morgan fingerprint density at radius 2 is 1.75 bits per heavy atom. The average molecular weight is 287 g/mol. The summed E-state index contributed by atoms with van der Waals surface area (Å²) in [6, 6.07) is 9.66. The minimum absolute atomic E-state index is 0.533. The van der Waals surface area contributed by atoms with Crippen molar-refractivity contribution in [3.63, 3.8) is 0 Å². The lowest BCUT2D eigenvalue weighted by Crippen LogP contribution is -2.33. The SMILES string of the molecule is CCCNC(Cc1ccsc1)Cc1cc(C)cc(C)c1. The van der Waals surface area contributed by atoms with Gasteiger partial charge in [-0.15, -0.1) is 0 Å². The lowest BCUT2D eigenvalue weighted by atomic mass is 9.97. The summed E-state index contributed by atoms with van der Waals surface area (Å²) in [5, 5.41) is 8.14. The average Bonchev–Trinajstić information content (AvgIpc) is 2.87. The Bertz CT molecular complexity index is 496. The molecule has 108 valence electrons. The summed E-state index contributed by atoms with van der Waals surface area (Å²) in [5.41, 5.74) is 5.63. The van der Waals surface area contributed by atoms with Crippen LogP contribution in [0.5, 0.6) is 0 Å². The van der Waals surface area contributed by atoms with Gasteiger partial charge in [0.25, 0.3) is 0 Å². The van der Waals surface area contributed by atoms with Crippen LogP contribution in [0.25, 0.3) is 0 Å². The first-order valence-corrected chi connectivity index (χ1v) is 8.43. The third-order valence-electron chi connectivity index (χ3n) is 3.51. The molecular formula is C18H25NS. The van der Waals surface area contributed by atoms with Gasteiger partial charge in [-0.05, 0) is 67.6 Å². The van der Waals surface area contributed by atoms with Crippen LogP contribution in [0, 0.1) is 13.8 Å². The molecule has 2 heteroatoms. The molecule has 1 aromatic heterocycles. The number of hydrogen-bond donors (Lipinski definition) is 1. The van der Waals surface area contributed by atoms with Crippen molar-refractivity contribution in [3.8, 4) is 0 Å². The number of hydrogen-bond acceptors (Lipinski definition) is 2. The van der Waals surface area contributed by atoms with E-state index in [2.05, 4.69) is 61.1 Å². The number of rotatable bonds is 7. The van der Waals surface area contributed by atoms with Crippen LogP contribution in [0.4, 0.5) is 0 Å². The maximum absolute atomic E-state index is 3.70. The van der Waals surface area contributed by atoms with Gasteiger partial charge in [-0.25, -0.2) is 0 Å². The van der Waals surface area contributed by atoms with Gasteiger partial charge in [0.2, 0.25) is 0 Å². The number of nitrogens with one attached hydrogen (secondary N) is 1. The Hall–Kier alpha value is -1.12. The quantitative estimate of drug-likeness (QED) is 0.789. The number of thiophene rings is 1. The lowest BCUT2D eigenvalue weighted by molar-refractivity contribution is 0.505. The fourth-order valence-corrected chi connectivity index (χ4v) is 3.41. The summed E-state index contributed by atoms with van der Waals surface area (Å²) in [7, 11) is 0. The van der Waals surface area contributed by atoms with Gasteiger partial charge in [-0.2, -0.15) is 11.3 Å². The predicted octanol–water partition coefficient (Wildman–Crippen LogP) is 4.52. The molecule has 0 saturated carbocycles. The van der Waals surface area contributed by atoms with Crippen molar-refractivity contribution in [1.82, 2.24) is 5.32 Å². The molecule has 1 heterocycles. The van der Waals surface area contributed by atoms with Crippen LogP contribution in [0.3, 0.4) is 0 Å². The highest BCUT2D eigenvalue weighted by Gasteiger charge is 2.11. The van der Waals surface area contributed by atoms with E-state index in [1.54, 1.807) is 11.3 Å². The van der Waals surface area contributed by atoms with Crippen molar-refractivity contribution in [2.24, 2.45) is 0 Å². The summed E-state index contributed by atoms with van der Waals surface area (Å²) in [4.78, 5) is 0. The van der Waals surface area contributed by atoms with Crippen LogP contribution in [0.2, 0.25) is 0 Å². The van der Waals surface area contributed by atoms with Crippen LogP contribution in [0.1, 0.15) is 35.6 Å². The fourth-order valence-electron chi connectivity index (χ4n) is 2.73. The zero-order valence-electron chi connectivity index (χ0n) is 12.8. The van der Waals surface area contributed by atoms with E-state index in [4.69, 9.17) is 0 Å². The van der Waals surface area contributed by atoms with Crippen LogP contribution >= 0.6 is 11.3 Å². The van der Waals surface area contributed by atoms with Gasteiger partial charge in [0.15, 0.2) is 0 Å². The predicted molar refractivity (Wildman–Crippen MR) is 89.7 cm³/mol. The van der Waals surface area contributed by atoms with Gasteiger partial charge in [0, 0.05) is 6.04 Å². The molecule has 1 nitrogen and oxygen atoms in total. The normalized spacial score (nSPS) is 12.6. The van der Waals surface area contributed by atoms with Crippen molar-refractivity contribution < 1.29 is 0 Å². The Labute approximate surface area is 127 Å². The fraction of sp³-hybridized carbons (Fsp3) is 0.444. The Morgan fingerprint density at radius 1 is 1.05 bits per heavy atom. The molecule has 20 heavy (non-hydrogen) atoms. The second-order valence-corrected chi connectivity index (χ2v) is 6.47. The van der Waals surface area contributed by atoms with Crippen LogP contribution < -0.4 is 5.32 Å². The minimum Gasteiger partial charge on any atom is -0.313 e. The smallest absolute Gasteiger partial charge is 0.0148 e. The molecule has 0 saturated heterocycles. The molecule has 1 atom stereocenters. The first kappa shape index (κ1) is 15.3. The van der Waals surface area contributed by atoms with Gasteiger partial charge >= 0.3 is 0 Å². The molecule has 0 radical (unpaired) electrons. The zero-order valence-corrected chi connectivity index (χ0v) is 13.6. The molecule has 2 rings (SSSR count). The maximum Gasteiger partial charge on any atom is 0.0148 e. The van der Waals surface area contributed by atoms with Crippen LogP contribution in [0.15, 0.2) is 35.0 Å². The van der Waals surface area contributed by atoms with Crippen molar-refractivity contribution in [2.45, 2.75) is 46.1 Å². The Morgan fingerprint density at radius 3 is 2.35 bits per heavy atom. The molecule has 1 N–H and O–H groups in total. The van der Waals surface area contributed by atoms with Crippen molar-refractivity contribution in [3.05, 3.63) is 57.3 Å². The summed E-state index contributed by atoms with van der Waals surface area (Å²) < 4.78 is 0. The topological polar surface area (TPSA) is 12.0 Å². The molecule has 2 aromatic rings. The minimum atomic E-state index is 0.533. The number of aryl methyl sites for hydroxylation is 2. The molecule has 0 aliphatic carbocycles. The van der Waals surface area contributed by atoms with Gasteiger partial charge in [0.1, 0.15) is 0 Å². The Balaban J connectivity index is 2.05. The van der Waals surface area contributed by atoms with E-state index in [9.17, 15) is 0 Å². The summed E-state index contributed by atoms with van der Waals surface area (Å²) in [6.07, 6.45) is 3.42. The second kappa shape index (κ2) is 7.61. The zero-order chi connectivity index (χ0) is 14.4. The molecule has 0 amide bonds. The van der Waals surface area contributed by atoms with E-state index in [0.29, 0.717) is 6.04 Å². The molecule has 0 fully saturated rings. The largest absolute Gasteiger partial charge is 0.313 e. The standard InChI is InChI=1S/C18H25NS/c1-4-6-19-18(11-16-5-7-20-13-16)12-17-9-14(2)8-15(3)10-17/h5,7-10,13,18-19H,4,6,11-12H2,1-3H3. The first-order chi connectivity index (χ1) is 9.67. The van der Waals surface area contributed by atoms with Gasteiger partial charge in [-0.3, -0.25) is 0 Å². The molecule has 1 aromatic carbocycles. The summed E-state index contributed by atoms with van der Waals surface area (Å²) in [5.74, 6) is 0. The molecular weight excluding hydrogens is 262 g/mol. The van der Waals surface area contributed by atoms with E-state index in [1.807, 2.05) is 0 Å².